The molecule has 1 heterocycles. The van der Waals surface area contributed by atoms with Gasteiger partial charge in [0.05, 0.1) is 12.7 Å². The standard InChI is InChI=1S/C15H17FO3/c1-2-3-10-17-15-9-8-14(19-15)11-18-13-6-4-12(16)5-7-13/h1,4-7,14-15H,3,8-11H2/t14-,15-/m0/s1. The molecule has 2 atom stereocenters. The average Bonchev–Trinajstić information content (AvgIpc) is 2.86. The van der Waals surface area contributed by atoms with Crippen LogP contribution in [0.15, 0.2) is 24.3 Å². The summed E-state index contributed by atoms with van der Waals surface area (Å²) >= 11 is 0. The van der Waals surface area contributed by atoms with E-state index in [4.69, 9.17) is 20.6 Å². The van der Waals surface area contributed by atoms with E-state index < -0.39 is 0 Å². The molecule has 1 aliphatic rings. The quantitative estimate of drug-likeness (QED) is 0.584. The third kappa shape index (κ3) is 4.55. The Bertz CT molecular complexity index is 424. The number of benzene rings is 1. The fraction of sp³-hybridized carbons (Fsp3) is 0.467. The van der Waals surface area contributed by atoms with Gasteiger partial charge in [-0.15, -0.1) is 12.3 Å². The summed E-state index contributed by atoms with van der Waals surface area (Å²) in [4.78, 5) is 0. The average molecular weight is 264 g/mol. The van der Waals surface area contributed by atoms with Gasteiger partial charge < -0.3 is 14.2 Å². The lowest BCUT2D eigenvalue weighted by Gasteiger charge is -2.14. The predicted octanol–water partition coefficient (Wildman–Crippen LogP) is 2.75. The van der Waals surface area contributed by atoms with Gasteiger partial charge in [0.15, 0.2) is 6.29 Å². The van der Waals surface area contributed by atoms with E-state index in [1.54, 1.807) is 12.1 Å². The van der Waals surface area contributed by atoms with Crippen LogP contribution in [-0.2, 0) is 9.47 Å². The summed E-state index contributed by atoms with van der Waals surface area (Å²) in [5, 5.41) is 0. The van der Waals surface area contributed by atoms with E-state index in [1.165, 1.54) is 12.1 Å². The highest BCUT2D eigenvalue weighted by Crippen LogP contribution is 2.22. The molecule has 3 nitrogen and oxygen atoms in total. The second kappa shape index (κ2) is 7.13. The summed E-state index contributed by atoms with van der Waals surface area (Å²) in [5.41, 5.74) is 0. The molecule has 1 fully saturated rings. The summed E-state index contributed by atoms with van der Waals surface area (Å²) in [5.74, 6) is 2.89. The van der Waals surface area contributed by atoms with Crippen LogP contribution in [0.25, 0.3) is 0 Å². The largest absolute Gasteiger partial charge is 0.491 e. The van der Waals surface area contributed by atoms with E-state index in [9.17, 15) is 4.39 Å². The minimum absolute atomic E-state index is 0.0147. The molecular weight excluding hydrogens is 247 g/mol. The van der Waals surface area contributed by atoms with Crippen LogP contribution in [0.2, 0.25) is 0 Å². The number of hydrogen-bond donors (Lipinski definition) is 0. The van der Waals surface area contributed by atoms with Crippen molar-refractivity contribution >= 4 is 0 Å². The van der Waals surface area contributed by atoms with Gasteiger partial charge in [0.1, 0.15) is 18.2 Å². The van der Waals surface area contributed by atoms with Gasteiger partial charge in [-0.05, 0) is 30.7 Å². The molecule has 1 aromatic rings. The lowest BCUT2D eigenvalue weighted by molar-refractivity contribution is -0.137. The first-order valence-corrected chi connectivity index (χ1v) is 6.37. The Morgan fingerprint density at radius 1 is 1.32 bits per heavy atom. The molecule has 19 heavy (non-hydrogen) atoms. The monoisotopic (exact) mass is 264 g/mol. The Kier molecular flexibility index (Phi) is 5.20. The molecule has 102 valence electrons. The smallest absolute Gasteiger partial charge is 0.158 e. The fourth-order valence-electron chi connectivity index (χ4n) is 1.89. The van der Waals surface area contributed by atoms with Crippen molar-refractivity contribution in [1.82, 2.24) is 0 Å². The molecule has 0 bridgehead atoms. The van der Waals surface area contributed by atoms with Gasteiger partial charge in [0.2, 0.25) is 0 Å². The summed E-state index contributed by atoms with van der Waals surface area (Å²) in [7, 11) is 0. The molecule has 0 amide bonds. The third-order valence-electron chi connectivity index (χ3n) is 2.87. The van der Waals surface area contributed by atoms with Crippen LogP contribution in [0.5, 0.6) is 5.75 Å². The van der Waals surface area contributed by atoms with Crippen molar-refractivity contribution in [2.75, 3.05) is 13.2 Å². The maximum Gasteiger partial charge on any atom is 0.158 e. The van der Waals surface area contributed by atoms with Crippen molar-refractivity contribution in [2.45, 2.75) is 31.7 Å². The van der Waals surface area contributed by atoms with Crippen molar-refractivity contribution in [3.63, 3.8) is 0 Å². The molecule has 0 spiro atoms. The van der Waals surface area contributed by atoms with Crippen LogP contribution in [-0.4, -0.2) is 25.6 Å². The van der Waals surface area contributed by atoms with Crippen molar-refractivity contribution in [1.29, 1.82) is 0 Å². The first kappa shape index (κ1) is 13.9. The molecule has 0 aliphatic carbocycles. The highest BCUT2D eigenvalue weighted by molar-refractivity contribution is 5.22. The van der Waals surface area contributed by atoms with Gasteiger partial charge in [-0.2, -0.15) is 0 Å². The van der Waals surface area contributed by atoms with Crippen LogP contribution in [0.1, 0.15) is 19.3 Å². The Morgan fingerprint density at radius 2 is 2.11 bits per heavy atom. The van der Waals surface area contributed by atoms with E-state index in [1.807, 2.05) is 0 Å². The lowest BCUT2D eigenvalue weighted by atomic mass is 10.2. The van der Waals surface area contributed by atoms with Gasteiger partial charge >= 0.3 is 0 Å². The molecule has 0 aromatic heterocycles. The maximum absolute atomic E-state index is 12.7. The van der Waals surface area contributed by atoms with Gasteiger partial charge in [0.25, 0.3) is 0 Å². The van der Waals surface area contributed by atoms with Crippen LogP contribution in [0, 0.1) is 18.2 Å². The SMILES string of the molecule is C#CCCO[C@@H]1CC[C@@H](COc2ccc(F)cc2)O1. The van der Waals surface area contributed by atoms with Gasteiger partial charge in [-0.25, -0.2) is 4.39 Å². The third-order valence-corrected chi connectivity index (χ3v) is 2.87. The first-order chi connectivity index (χ1) is 9.28. The summed E-state index contributed by atoms with van der Waals surface area (Å²) in [6, 6.07) is 5.95. The molecule has 0 radical (unpaired) electrons. The van der Waals surface area contributed by atoms with Crippen LogP contribution < -0.4 is 4.74 Å². The lowest BCUT2D eigenvalue weighted by Crippen LogP contribution is -2.20. The van der Waals surface area contributed by atoms with Crippen LogP contribution in [0.3, 0.4) is 0 Å². The van der Waals surface area contributed by atoms with E-state index in [0.717, 1.165) is 12.8 Å². The van der Waals surface area contributed by atoms with Gasteiger partial charge in [0, 0.05) is 12.8 Å². The Morgan fingerprint density at radius 3 is 2.84 bits per heavy atom. The van der Waals surface area contributed by atoms with Crippen molar-refractivity contribution in [3.05, 3.63) is 30.1 Å². The van der Waals surface area contributed by atoms with E-state index in [2.05, 4.69) is 5.92 Å². The summed E-state index contributed by atoms with van der Waals surface area (Å²) < 4.78 is 29.4. The molecule has 0 unspecified atom stereocenters. The normalized spacial score (nSPS) is 22.1. The highest BCUT2D eigenvalue weighted by Gasteiger charge is 2.26. The van der Waals surface area contributed by atoms with Crippen molar-refractivity contribution in [3.8, 4) is 18.1 Å². The molecule has 1 saturated heterocycles. The van der Waals surface area contributed by atoms with Crippen molar-refractivity contribution in [2.24, 2.45) is 0 Å². The molecule has 0 saturated carbocycles. The highest BCUT2D eigenvalue weighted by atomic mass is 19.1. The molecule has 1 aromatic carbocycles. The minimum Gasteiger partial charge on any atom is -0.491 e. The maximum atomic E-state index is 12.7. The summed E-state index contributed by atoms with van der Waals surface area (Å²) in [6.07, 6.45) is 7.31. The zero-order valence-corrected chi connectivity index (χ0v) is 10.7. The van der Waals surface area contributed by atoms with Crippen molar-refractivity contribution < 1.29 is 18.6 Å². The van der Waals surface area contributed by atoms with Crippen LogP contribution in [0.4, 0.5) is 4.39 Å². The molecular formula is C15H17FO3. The van der Waals surface area contributed by atoms with Gasteiger partial charge in [-0.3, -0.25) is 0 Å². The number of ether oxygens (including phenoxy) is 3. The van der Waals surface area contributed by atoms with E-state index >= 15 is 0 Å². The Labute approximate surface area is 112 Å². The fourth-order valence-corrected chi connectivity index (χ4v) is 1.89. The van der Waals surface area contributed by atoms with E-state index in [0.29, 0.717) is 25.4 Å². The molecule has 4 heteroatoms. The second-order valence-corrected chi connectivity index (χ2v) is 4.35. The zero-order valence-electron chi connectivity index (χ0n) is 10.7. The first-order valence-electron chi connectivity index (χ1n) is 6.37. The second-order valence-electron chi connectivity index (χ2n) is 4.35. The zero-order chi connectivity index (χ0) is 13.5. The molecule has 1 aliphatic heterocycles. The number of hydrogen-bond acceptors (Lipinski definition) is 3. The number of halogens is 1. The topological polar surface area (TPSA) is 27.7 Å². The van der Waals surface area contributed by atoms with Crippen LogP contribution >= 0.6 is 0 Å². The molecule has 0 N–H and O–H groups in total. The Balaban J connectivity index is 1.67. The number of rotatable bonds is 6. The molecule has 2 rings (SSSR count). The minimum atomic E-state index is -0.272. The Hall–Kier alpha value is -1.57. The van der Waals surface area contributed by atoms with E-state index in [-0.39, 0.29) is 18.2 Å². The number of terminal acetylenes is 1. The predicted molar refractivity (Wildman–Crippen MR) is 69.2 cm³/mol. The van der Waals surface area contributed by atoms with Gasteiger partial charge in [-0.1, -0.05) is 0 Å². The summed E-state index contributed by atoms with van der Waals surface area (Å²) in [6.45, 7) is 0.966.